The predicted octanol–water partition coefficient (Wildman–Crippen LogP) is 3.81. The molecule has 4 nitrogen and oxygen atoms in total. The van der Waals surface area contributed by atoms with E-state index >= 15 is 0 Å². The Bertz CT molecular complexity index is 753. The third-order valence-corrected chi connectivity index (χ3v) is 5.56. The Morgan fingerprint density at radius 2 is 1.71 bits per heavy atom. The number of aliphatic hydroxyl groups is 1. The molecule has 0 atom stereocenters. The van der Waals surface area contributed by atoms with E-state index in [1.165, 1.54) is 6.07 Å². The highest BCUT2D eigenvalue weighted by Gasteiger charge is 2.20. The molecule has 112 valence electrons. The first-order chi connectivity index (χ1) is 9.85. The molecule has 2 N–H and O–H groups in total. The van der Waals surface area contributed by atoms with Gasteiger partial charge in [-0.15, -0.1) is 0 Å². The van der Waals surface area contributed by atoms with Crippen molar-refractivity contribution in [3.8, 4) is 0 Å². The molecule has 21 heavy (non-hydrogen) atoms. The van der Waals surface area contributed by atoms with Crippen LogP contribution in [0.4, 0.5) is 5.69 Å². The van der Waals surface area contributed by atoms with Gasteiger partial charge in [0.2, 0.25) is 0 Å². The third-order valence-electron chi connectivity index (χ3n) is 2.86. The minimum Gasteiger partial charge on any atom is -0.392 e. The molecule has 2 rings (SSSR count). The van der Waals surface area contributed by atoms with E-state index in [1.807, 2.05) is 19.1 Å². The zero-order valence-electron chi connectivity index (χ0n) is 11.1. The van der Waals surface area contributed by atoms with E-state index in [1.54, 1.807) is 18.2 Å². The number of halogens is 2. The lowest BCUT2D eigenvalue weighted by molar-refractivity contribution is 0.278. The summed E-state index contributed by atoms with van der Waals surface area (Å²) in [5.41, 5.74) is 1.77. The van der Waals surface area contributed by atoms with Crippen molar-refractivity contribution >= 4 is 47.6 Å². The first kappa shape index (κ1) is 16.5. The topological polar surface area (TPSA) is 66.4 Å². The van der Waals surface area contributed by atoms with Gasteiger partial charge in [-0.25, -0.2) is 8.42 Å². The largest absolute Gasteiger partial charge is 0.392 e. The van der Waals surface area contributed by atoms with Gasteiger partial charge in [0.25, 0.3) is 10.0 Å². The van der Waals surface area contributed by atoms with Crippen LogP contribution in [-0.4, -0.2) is 13.5 Å². The molecule has 0 aliphatic carbocycles. The Hall–Kier alpha value is -0.890. The molecule has 2 aromatic carbocycles. The van der Waals surface area contributed by atoms with Crippen LogP contribution in [0.2, 0.25) is 0 Å². The summed E-state index contributed by atoms with van der Waals surface area (Å²) < 4.78 is 28.8. The Labute approximate surface area is 140 Å². The van der Waals surface area contributed by atoms with Gasteiger partial charge in [0.1, 0.15) is 0 Å². The quantitative estimate of drug-likeness (QED) is 0.768. The highest BCUT2D eigenvalue weighted by molar-refractivity contribution is 9.11. The number of hydrogen-bond acceptors (Lipinski definition) is 3. The van der Waals surface area contributed by atoms with Crippen LogP contribution >= 0.6 is 31.9 Å². The number of rotatable bonds is 4. The fraction of sp³-hybridized carbons (Fsp3) is 0.143. The second kappa shape index (κ2) is 6.48. The van der Waals surface area contributed by atoms with Crippen molar-refractivity contribution in [3.63, 3.8) is 0 Å². The maximum atomic E-state index is 12.5. The molecule has 0 amide bonds. The maximum Gasteiger partial charge on any atom is 0.262 e. The van der Waals surface area contributed by atoms with E-state index in [0.717, 1.165) is 5.56 Å². The molecular formula is C14H13Br2NO3S. The minimum atomic E-state index is -3.78. The third kappa shape index (κ3) is 3.66. The number of hydrogen-bond donors (Lipinski definition) is 2. The van der Waals surface area contributed by atoms with Crippen molar-refractivity contribution in [2.24, 2.45) is 0 Å². The average molecular weight is 435 g/mol. The van der Waals surface area contributed by atoms with Gasteiger partial charge < -0.3 is 5.11 Å². The zero-order chi connectivity index (χ0) is 15.6. The highest BCUT2D eigenvalue weighted by atomic mass is 79.9. The number of aryl methyl sites for hydroxylation is 1. The molecule has 0 aliphatic rings. The van der Waals surface area contributed by atoms with Gasteiger partial charge >= 0.3 is 0 Å². The van der Waals surface area contributed by atoms with Crippen molar-refractivity contribution in [1.82, 2.24) is 0 Å². The molecule has 0 aromatic heterocycles. The molecule has 0 bridgehead atoms. The molecule has 0 saturated heterocycles. The second-order valence-corrected chi connectivity index (χ2v) is 7.83. The van der Waals surface area contributed by atoms with Crippen LogP contribution in [0.1, 0.15) is 11.1 Å². The summed E-state index contributed by atoms with van der Waals surface area (Å²) in [6.07, 6.45) is 0. The van der Waals surface area contributed by atoms with Crippen LogP contribution in [0.5, 0.6) is 0 Å². The summed E-state index contributed by atoms with van der Waals surface area (Å²) in [4.78, 5) is 0.0619. The van der Waals surface area contributed by atoms with Crippen molar-refractivity contribution in [3.05, 3.63) is 56.5 Å². The van der Waals surface area contributed by atoms with Crippen LogP contribution < -0.4 is 4.72 Å². The van der Waals surface area contributed by atoms with E-state index < -0.39 is 10.0 Å². The predicted molar refractivity (Wildman–Crippen MR) is 89.8 cm³/mol. The van der Waals surface area contributed by atoms with E-state index in [0.29, 0.717) is 20.2 Å². The summed E-state index contributed by atoms with van der Waals surface area (Å²) in [6.45, 7) is 1.57. The number of nitrogens with one attached hydrogen (secondary N) is 1. The van der Waals surface area contributed by atoms with Crippen LogP contribution in [0.3, 0.4) is 0 Å². The molecule has 0 saturated carbocycles. The Balaban J connectivity index is 2.48. The summed E-state index contributed by atoms with van der Waals surface area (Å²) in [7, 11) is -3.78. The fourth-order valence-corrected chi connectivity index (χ4v) is 5.09. The lowest BCUT2D eigenvalue weighted by Gasteiger charge is -2.14. The van der Waals surface area contributed by atoms with Crippen LogP contribution in [-0.2, 0) is 16.6 Å². The molecule has 2 aromatic rings. The van der Waals surface area contributed by atoms with Gasteiger partial charge in [-0.3, -0.25) is 4.72 Å². The molecule has 0 heterocycles. The lowest BCUT2D eigenvalue weighted by atomic mass is 10.2. The lowest BCUT2D eigenvalue weighted by Crippen LogP contribution is -2.15. The average Bonchev–Trinajstić information content (AvgIpc) is 2.43. The Morgan fingerprint density at radius 3 is 2.29 bits per heavy atom. The Kier molecular flexibility index (Phi) is 5.08. The van der Waals surface area contributed by atoms with Crippen molar-refractivity contribution in [2.75, 3.05) is 4.72 Å². The summed E-state index contributed by atoms with van der Waals surface area (Å²) in [5, 5.41) is 9.28. The van der Waals surface area contributed by atoms with Gasteiger partial charge in [-0.05, 0) is 68.1 Å². The van der Waals surface area contributed by atoms with Gasteiger partial charge in [0.15, 0.2) is 0 Å². The monoisotopic (exact) mass is 433 g/mol. The number of benzene rings is 2. The molecule has 0 fully saturated rings. The number of sulfonamides is 1. The summed E-state index contributed by atoms with van der Waals surface area (Å²) >= 11 is 6.70. The summed E-state index contributed by atoms with van der Waals surface area (Å²) in [6, 6.07) is 9.98. The number of aliphatic hydroxyl groups excluding tert-OH is 1. The first-order valence-electron chi connectivity index (χ1n) is 6.02. The standard InChI is InChI=1S/C14H13Br2NO3S/c1-9-6-11(15)14(12(16)7-9)17-21(19,20)13-5-3-2-4-10(13)8-18/h2-7,17-18H,8H2,1H3. The SMILES string of the molecule is Cc1cc(Br)c(NS(=O)(=O)c2ccccc2CO)c(Br)c1. The van der Waals surface area contributed by atoms with Gasteiger partial charge in [-0.1, -0.05) is 18.2 Å². The van der Waals surface area contributed by atoms with Gasteiger partial charge in [-0.2, -0.15) is 0 Å². The van der Waals surface area contributed by atoms with Crippen LogP contribution in [0, 0.1) is 6.92 Å². The van der Waals surface area contributed by atoms with Gasteiger partial charge in [0.05, 0.1) is 17.2 Å². The fourth-order valence-electron chi connectivity index (χ4n) is 1.88. The van der Waals surface area contributed by atoms with Crippen molar-refractivity contribution < 1.29 is 13.5 Å². The van der Waals surface area contributed by atoms with Gasteiger partial charge in [0, 0.05) is 8.95 Å². The highest BCUT2D eigenvalue weighted by Crippen LogP contribution is 2.34. The van der Waals surface area contributed by atoms with Crippen LogP contribution in [0.25, 0.3) is 0 Å². The van der Waals surface area contributed by atoms with E-state index in [2.05, 4.69) is 36.6 Å². The molecular weight excluding hydrogens is 422 g/mol. The summed E-state index contributed by atoms with van der Waals surface area (Å²) in [5.74, 6) is 0. The smallest absolute Gasteiger partial charge is 0.262 e. The second-order valence-electron chi connectivity index (χ2n) is 4.47. The normalized spacial score (nSPS) is 11.4. The molecule has 0 spiro atoms. The molecule has 7 heteroatoms. The molecule has 0 aliphatic heterocycles. The van der Waals surface area contributed by atoms with E-state index in [4.69, 9.17) is 0 Å². The molecule has 0 unspecified atom stereocenters. The maximum absolute atomic E-state index is 12.5. The van der Waals surface area contributed by atoms with Crippen LogP contribution in [0.15, 0.2) is 50.2 Å². The zero-order valence-corrected chi connectivity index (χ0v) is 15.1. The van der Waals surface area contributed by atoms with E-state index in [9.17, 15) is 13.5 Å². The van der Waals surface area contributed by atoms with E-state index in [-0.39, 0.29) is 11.5 Å². The first-order valence-corrected chi connectivity index (χ1v) is 9.09. The van der Waals surface area contributed by atoms with Crippen molar-refractivity contribution in [1.29, 1.82) is 0 Å². The van der Waals surface area contributed by atoms with Crippen molar-refractivity contribution in [2.45, 2.75) is 18.4 Å². The molecule has 0 radical (unpaired) electrons. The Morgan fingerprint density at radius 1 is 1.14 bits per heavy atom. The minimum absolute atomic E-state index is 0.0619. The number of anilines is 1.